The number of hydrogen-bond donors (Lipinski definition) is 0. The van der Waals surface area contributed by atoms with E-state index in [-0.39, 0.29) is 19.1 Å². The fourth-order valence-corrected chi connectivity index (χ4v) is 4.65. The van der Waals surface area contributed by atoms with Crippen LogP contribution in [-0.4, -0.2) is 61.7 Å². The van der Waals surface area contributed by atoms with E-state index in [0.717, 1.165) is 12.0 Å². The SMILES string of the molecule is COCCOC(=O)C1=C(C)N=C2SCCC(=O)N2C1c1ccc(OCCC(C)C)c(OC)c1. The molecule has 8 nitrogen and oxygen atoms in total. The van der Waals surface area contributed by atoms with E-state index in [2.05, 4.69) is 18.8 Å². The summed E-state index contributed by atoms with van der Waals surface area (Å²) < 4.78 is 21.9. The zero-order valence-electron chi connectivity index (χ0n) is 19.9. The number of amides is 1. The molecule has 1 atom stereocenters. The third-order valence-electron chi connectivity index (χ3n) is 5.40. The molecule has 0 radical (unpaired) electrons. The fourth-order valence-electron chi connectivity index (χ4n) is 3.65. The van der Waals surface area contributed by atoms with Gasteiger partial charge in [0.05, 0.1) is 37.6 Å². The average Bonchev–Trinajstić information content (AvgIpc) is 2.78. The molecule has 1 unspecified atom stereocenters. The molecule has 0 N–H and O–H groups in total. The molecule has 2 heterocycles. The second-order valence-corrected chi connectivity index (χ2v) is 9.29. The first kappa shape index (κ1) is 25.1. The quantitative estimate of drug-likeness (QED) is 0.373. The van der Waals surface area contributed by atoms with Crippen molar-refractivity contribution in [3.05, 3.63) is 35.0 Å². The molecule has 1 aromatic carbocycles. The highest BCUT2D eigenvalue weighted by Gasteiger charge is 2.42. The molecule has 9 heteroatoms. The van der Waals surface area contributed by atoms with Gasteiger partial charge >= 0.3 is 5.97 Å². The summed E-state index contributed by atoms with van der Waals surface area (Å²) in [5.74, 6) is 1.75. The number of esters is 1. The van der Waals surface area contributed by atoms with Gasteiger partial charge in [0, 0.05) is 19.3 Å². The van der Waals surface area contributed by atoms with Crippen LogP contribution in [0.2, 0.25) is 0 Å². The van der Waals surface area contributed by atoms with Gasteiger partial charge in [-0.05, 0) is 37.0 Å². The lowest BCUT2D eigenvalue weighted by molar-refractivity contribution is -0.141. The molecule has 1 fully saturated rings. The molecular weight excluding hydrogens is 444 g/mol. The Bertz CT molecular complexity index is 943. The number of carbonyl (C=O) groups excluding carboxylic acids is 2. The Kier molecular flexibility index (Phi) is 8.80. The highest BCUT2D eigenvalue weighted by atomic mass is 32.2. The van der Waals surface area contributed by atoms with Crippen LogP contribution in [0, 0.1) is 5.92 Å². The zero-order chi connectivity index (χ0) is 24.0. The number of ether oxygens (including phenoxy) is 4. The maximum Gasteiger partial charge on any atom is 0.338 e. The lowest BCUT2D eigenvalue weighted by atomic mass is 9.94. The number of carbonyl (C=O) groups is 2. The van der Waals surface area contributed by atoms with Crippen molar-refractivity contribution in [3.8, 4) is 11.5 Å². The Morgan fingerprint density at radius 1 is 1.21 bits per heavy atom. The van der Waals surface area contributed by atoms with Crippen molar-refractivity contribution in [3.63, 3.8) is 0 Å². The minimum absolute atomic E-state index is 0.0802. The van der Waals surface area contributed by atoms with E-state index in [1.54, 1.807) is 26.0 Å². The van der Waals surface area contributed by atoms with Gasteiger partial charge in [0.25, 0.3) is 0 Å². The predicted molar refractivity (Wildman–Crippen MR) is 128 cm³/mol. The van der Waals surface area contributed by atoms with E-state index in [4.69, 9.17) is 18.9 Å². The Balaban J connectivity index is 1.99. The zero-order valence-corrected chi connectivity index (χ0v) is 20.7. The Labute approximate surface area is 199 Å². The first-order chi connectivity index (χ1) is 15.9. The Morgan fingerprint density at radius 3 is 2.70 bits per heavy atom. The predicted octanol–water partition coefficient (Wildman–Crippen LogP) is 3.96. The molecule has 3 rings (SSSR count). The topological polar surface area (TPSA) is 86.7 Å². The second kappa shape index (κ2) is 11.6. The molecule has 1 saturated heterocycles. The summed E-state index contributed by atoms with van der Waals surface area (Å²) in [5.41, 5.74) is 1.60. The van der Waals surface area contributed by atoms with E-state index in [1.807, 2.05) is 18.2 Å². The smallest absolute Gasteiger partial charge is 0.338 e. The van der Waals surface area contributed by atoms with Crippen LogP contribution >= 0.6 is 11.8 Å². The van der Waals surface area contributed by atoms with Crippen LogP contribution in [0.15, 0.2) is 34.5 Å². The van der Waals surface area contributed by atoms with Gasteiger partial charge in [-0.3, -0.25) is 9.69 Å². The maximum absolute atomic E-state index is 13.1. The average molecular weight is 477 g/mol. The summed E-state index contributed by atoms with van der Waals surface area (Å²) >= 11 is 1.51. The van der Waals surface area contributed by atoms with Crippen LogP contribution in [0.25, 0.3) is 0 Å². The lowest BCUT2D eigenvalue weighted by Crippen LogP contribution is -2.45. The van der Waals surface area contributed by atoms with E-state index in [1.165, 1.54) is 11.8 Å². The molecule has 1 aromatic rings. The molecule has 180 valence electrons. The van der Waals surface area contributed by atoms with Crippen LogP contribution in [0.4, 0.5) is 0 Å². The number of allylic oxidation sites excluding steroid dienone is 1. The lowest BCUT2D eigenvalue weighted by Gasteiger charge is -2.39. The van der Waals surface area contributed by atoms with Gasteiger partial charge in [0.1, 0.15) is 6.61 Å². The van der Waals surface area contributed by atoms with Crippen LogP contribution in [0.3, 0.4) is 0 Å². The van der Waals surface area contributed by atoms with Gasteiger partial charge in [-0.1, -0.05) is 31.7 Å². The molecule has 2 aliphatic rings. The van der Waals surface area contributed by atoms with E-state index < -0.39 is 12.0 Å². The van der Waals surface area contributed by atoms with Gasteiger partial charge in [0.2, 0.25) is 5.91 Å². The number of thioether (sulfide) groups is 1. The number of nitrogens with zero attached hydrogens (tertiary/aromatic N) is 2. The first-order valence-corrected chi connectivity index (χ1v) is 12.1. The fraction of sp³-hybridized carbons (Fsp3) is 0.542. The van der Waals surface area contributed by atoms with Crippen molar-refractivity contribution >= 4 is 28.8 Å². The van der Waals surface area contributed by atoms with Gasteiger partial charge in [-0.2, -0.15) is 0 Å². The third-order valence-corrected chi connectivity index (χ3v) is 6.36. The summed E-state index contributed by atoms with van der Waals surface area (Å²) in [6, 6.07) is 4.85. The van der Waals surface area contributed by atoms with Gasteiger partial charge in [0.15, 0.2) is 16.7 Å². The Morgan fingerprint density at radius 2 is 2.00 bits per heavy atom. The molecule has 1 amide bonds. The van der Waals surface area contributed by atoms with Crippen LogP contribution in [0.5, 0.6) is 11.5 Å². The van der Waals surface area contributed by atoms with E-state index in [9.17, 15) is 9.59 Å². The largest absolute Gasteiger partial charge is 0.493 e. The normalized spacial score (nSPS) is 18.2. The molecule has 0 saturated carbocycles. The molecule has 2 aliphatic heterocycles. The number of methoxy groups -OCH3 is 2. The molecule has 0 spiro atoms. The summed E-state index contributed by atoms with van der Waals surface area (Å²) in [4.78, 5) is 32.2. The van der Waals surface area contributed by atoms with Crippen LogP contribution in [0.1, 0.15) is 45.2 Å². The van der Waals surface area contributed by atoms with Gasteiger partial charge in [-0.25, -0.2) is 9.79 Å². The Hall–Kier alpha value is -2.52. The van der Waals surface area contributed by atoms with Crippen molar-refractivity contribution in [1.82, 2.24) is 4.90 Å². The number of amidine groups is 1. The van der Waals surface area contributed by atoms with Crippen LogP contribution < -0.4 is 9.47 Å². The van der Waals surface area contributed by atoms with Crippen molar-refractivity contribution in [1.29, 1.82) is 0 Å². The number of rotatable bonds is 10. The number of fused-ring (bicyclic) bond motifs is 1. The van der Waals surface area contributed by atoms with Crippen molar-refractivity contribution < 1.29 is 28.5 Å². The molecular formula is C24H32N2O6S. The number of hydrogen-bond acceptors (Lipinski definition) is 8. The summed E-state index contributed by atoms with van der Waals surface area (Å²) in [5, 5.41) is 0.596. The number of aliphatic imine (C=N–C) groups is 1. The minimum Gasteiger partial charge on any atom is -0.493 e. The summed E-state index contributed by atoms with van der Waals surface area (Å²) in [6.45, 7) is 7.02. The summed E-state index contributed by atoms with van der Waals surface area (Å²) in [7, 11) is 3.12. The molecule has 33 heavy (non-hydrogen) atoms. The standard InChI is InChI=1S/C24H32N2O6S/c1-15(2)8-10-31-18-7-6-17(14-19(18)30-5)22-21(23(28)32-12-11-29-4)16(3)25-24-26(22)20(27)9-13-33-24/h6-7,14-15,22H,8-13H2,1-5H3. The first-order valence-electron chi connectivity index (χ1n) is 11.1. The second-order valence-electron chi connectivity index (χ2n) is 8.23. The van der Waals surface area contributed by atoms with Crippen LogP contribution in [-0.2, 0) is 19.1 Å². The maximum atomic E-state index is 13.1. The van der Waals surface area contributed by atoms with E-state index in [0.29, 0.717) is 52.6 Å². The van der Waals surface area contributed by atoms with Gasteiger partial charge in [-0.15, -0.1) is 0 Å². The van der Waals surface area contributed by atoms with Crippen molar-refractivity contribution in [2.45, 2.75) is 39.7 Å². The minimum atomic E-state index is -0.661. The number of benzene rings is 1. The molecule has 0 aromatic heterocycles. The van der Waals surface area contributed by atoms with Gasteiger partial charge < -0.3 is 18.9 Å². The summed E-state index contributed by atoms with van der Waals surface area (Å²) in [6.07, 6.45) is 1.30. The van der Waals surface area contributed by atoms with E-state index >= 15 is 0 Å². The third kappa shape index (κ3) is 5.89. The molecule has 0 aliphatic carbocycles. The highest BCUT2D eigenvalue weighted by Crippen LogP contribution is 2.42. The van der Waals surface area contributed by atoms with Crippen molar-refractivity contribution in [2.24, 2.45) is 10.9 Å². The molecule has 0 bridgehead atoms. The monoisotopic (exact) mass is 476 g/mol. The van der Waals surface area contributed by atoms with Crippen molar-refractivity contribution in [2.75, 3.05) is 39.8 Å². The highest BCUT2D eigenvalue weighted by molar-refractivity contribution is 8.14.